The Kier molecular flexibility index (Phi) is 8.76. The number of aryl methyl sites for hydroxylation is 1. The van der Waals surface area contributed by atoms with Crippen LogP contribution in [0.2, 0.25) is 0 Å². The Morgan fingerprint density at radius 3 is 2.70 bits per heavy atom. The lowest BCUT2D eigenvalue weighted by Gasteiger charge is -2.27. The Balaban J connectivity index is 1.52. The highest BCUT2D eigenvalue weighted by Crippen LogP contribution is 2.36. The molecule has 2 aromatic carbocycles. The van der Waals surface area contributed by atoms with Crippen molar-refractivity contribution in [3.05, 3.63) is 59.7 Å². The number of hydrogen-bond acceptors (Lipinski definition) is 6. The minimum Gasteiger partial charge on any atom is -0.356 e. The lowest BCUT2D eigenvalue weighted by Crippen LogP contribution is -2.42. The van der Waals surface area contributed by atoms with Crippen LogP contribution in [-0.2, 0) is 14.4 Å². The van der Waals surface area contributed by atoms with Crippen molar-refractivity contribution < 1.29 is 14.4 Å². The third-order valence-corrected chi connectivity index (χ3v) is 7.56. The summed E-state index contributed by atoms with van der Waals surface area (Å²) in [6.45, 7) is 6.62. The minimum absolute atomic E-state index is 0.0751. The van der Waals surface area contributed by atoms with E-state index in [0.717, 1.165) is 29.7 Å². The molecule has 4 rings (SSSR count). The van der Waals surface area contributed by atoms with Crippen LogP contribution in [0.3, 0.4) is 0 Å². The van der Waals surface area contributed by atoms with Crippen molar-refractivity contribution in [2.45, 2.75) is 64.2 Å². The van der Waals surface area contributed by atoms with Crippen molar-refractivity contribution in [1.29, 1.82) is 0 Å². The molecule has 194 valence electrons. The SMILES string of the molecule is CCCCNC(=O)CCC1N=C2c3ccccc3N=C(SC(CC)C(=O)Nc3cccc(C)c3)N2C1=O. The number of fused-ring (bicyclic) bond motifs is 3. The zero-order valence-corrected chi connectivity index (χ0v) is 22.3. The van der Waals surface area contributed by atoms with E-state index in [1.54, 1.807) is 0 Å². The molecule has 2 N–H and O–H groups in total. The van der Waals surface area contributed by atoms with E-state index >= 15 is 0 Å². The van der Waals surface area contributed by atoms with Gasteiger partial charge in [-0.3, -0.25) is 19.4 Å². The predicted octanol–water partition coefficient (Wildman–Crippen LogP) is 4.80. The highest BCUT2D eigenvalue weighted by molar-refractivity contribution is 8.15. The Morgan fingerprint density at radius 2 is 1.95 bits per heavy atom. The second-order valence-electron chi connectivity index (χ2n) is 9.17. The normalized spacial score (nSPS) is 16.9. The zero-order valence-electron chi connectivity index (χ0n) is 21.5. The van der Waals surface area contributed by atoms with Crippen LogP contribution in [0, 0.1) is 6.92 Å². The molecule has 0 saturated heterocycles. The van der Waals surface area contributed by atoms with Crippen molar-refractivity contribution in [3.8, 4) is 0 Å². The summed E-state index contributed by atoms with van der Waals surface area (Å²) in [5, 5.41) is 5.85. The van der Waals surface area contributed by atoms with Crippen LogP contribution in [-0.4, -0.2) is 51.5 Å². The van der Waals surface area contributed by atoms with Crippen LogP contribution in [0.5, 0.6) is 0 Å². The highest BCUT2D eigenvalue weighted by atomic mass is 32.2. The Morgan fingerprint density at radius 1 is 1.14 bits per heavy atom. The standard InChI is InChI=1S/C28H33N5O3S/c1-4-6-16-29-24(34)15-14-22-27(36)33-25(31-22)20-12-7-8-13-21(20)32-28(33)37-23(5-2)26(35)30-19-11-9-10-18(3)17-19/h7-13,17,22-23H,4-6,14-16H2,1-3H3,(H,29,34)(H,30,35). The van der Waals surface area contributed by atoms with E-state index in [2.05, 4.69) is 17.6 Å². The summed E-state index contributed by atoms with van der Waals surface area (Å²) < 4.78 is 0. The largest absolute Gasteiger partial charge is 0.356 e. The number of hydrogen-bond donors (Lipinski definition) is 2. The van der Waals surface area contributed by atoms with Gasteiger partial charge in [-0.05, 0) is 56.0 Å². The van der Waals surface area contributed by atoms with Crippen LogP contribution in [0.4, 0.5) is 11.4 Å². The quantitative estimate of drug-likeness (QED) is 0.440. The topological polar surface area (TPSA) is 103 Å². The summed E-state index contributed by atoms with van der Waals surface area (Å²) >= 11 is 1.26. The molecule has 2 heterocycles. The van der Waals surface area contributed by atoms with Crippen LogP contribution >= 0.6 is 11.8 Å². The molecule has 2 aliphatic heterocycles. The van der Waals surface area contributed by atoms with Crippen molar-refractivity contribution in [1.82, 2.24) is 10.2 Å². The van der Waals surface area contributed by atoms with Crippen LogP contribution in [0.1, 0.15) is 57.1 Å². The third-order valence-electron chi connectivity index (χ3n) is 6.24. The number of nitrogens with one attached hydrogen (secondary N) is 2. The molecule has 2 aliphatic rings. The number of thioether (sulfide) groups is 1. The monoisotopic (exact) mass is 519 g/mol. The lowest BCUT2D eigenvalue weighted by molar-refractivity contribution is -0.125. The summed E-state index contributed by atoms with van der Waals surface area (Å²) in [6, 6.07) is 14.5. The number of anilines is 1. The van der Waals surface area contributed by atoms with Crippen LogP contribution < -0.4 is 10.6 Å². The summed E-state index contributed by atoms with van der Waals surface area (Å²) in [5.74, 6) is 0.0911. The fraction of sp³-hybridized carbons (Fsp3) is 0.393. The van der Waals surface area contributed by atoms with Gasteiger partial charge in [0.15, 0.2) is 5.17 Å². The number of nitrogens with zero attached hydrogens (tertiary/aromatic N) is 3. The van der Waals surface area contributed by atoms with Gasteiger partial charge in [0.05, 0.1) is 10.9 Å². The lowest BCUT2D eigenvalue weighted by atomic mass is 10.1. The molecule has 2 aromatic rings. The molecule has 0 fully saturated rings. The van der Waals surface area contributed by atoms with E-state index < -0.39 is 11.3 Å². The average molecular weight is 520 g/mol. The number of para-hydroxylation sites is 1. The van der Waals surface area contributed by atoms with E-state index in [9.17, 15) is 14.4 Å². The number of aliphatic imine (C=N–C) groups is 2. The van der Waals surface area contributed by atoms with Gasteiger partial charge in [-0.1, -0.05) is 56.3 Å². The van der Waals surface area contributed by atoms with Crippen LogP contribution in [0.15, 0.2) is 58.5 Å². The fourth-order valence-corrected chi connectivity index (χ4v) is 5.25. The van der Waals surface area contributed by atoms with Gasteiger partial charge in [-0.15, -0.1) is 0 Å². The van der Waals surface area contributed by atoms with E-state index in [4.69, 9.17) is 9.98 Å². The molecule has 2 atom stereocenters. The van der Waals surface area contributed by atoms with E-state index in [1.165, 1.54) is 16.7 Å². The molecule has 8 nitrogen and oxygen atoms in total. The second-order valence-corrected chi connectivity index (χ2v) is 10.3. The first-order valence-electron chi connectivity index (χ1n) is 12.8. The number of unbranched alkanes of at least 4 members (excludes halogenated alkanes) is 1. The molecule has 0 saturated carbocycles. The molecule has 0 aromatic heterocycles. The summed E-state index contributed by atoms with van der Waals surface area (Å²) in [5.41, 5.74) is 3.27. The molecular formula is C28H33N5O3S. The molecule has 0 spiro atoms. The maximum Gasteiger partial charge on any atom is 0.259 e. The smallest absolute Gasteiger partial charge is 0.259 e. The second kappa shape index (κ2) is 12.2. The summed E-state index contributed by atoms with van der Waals surface area (Å²) in [6.07, 6.45) is 3.03. The van der Waals surface area contributed by atoms with Crippen molar-refractivity contribution >= 4 is 51.9 Å². The third kappa shape index (κ3) is 6.28. The molecule has 0 bridgehead atoms. The van der Waals surface area contributed by atoms with Crippen LogP contribution in [0.25, 0.3) is 0 Å². The Hall–Kier alpha value is -3.46. The number of carbonyl (C=O) groups is 3. The molecule has 0 radical (unpaired) electrons. The molecule has 3 amide bonds. The van der Waals surface area contributed by atoms with Gasteiger partial charge in [-0.2, -0.15) is 0 Å². The Labute approximate surface area is 222 Å². The number of rotatable bonds is 10. The van der Waals surface area contributed by atoms with E-state index in [0.29, 0.717) is 36.1 Å². The van der Waals surface area contributed by atoms with E-state index in [-0.39, 0.29) is 24.1 Å². The first-order valence-corrected chi connectivity index (χ1v) is 13.7. The number of amides is 3. The van der Waals surface area contributed by atoms with Crippen molar-refractivity contribution in [2.24, 2.45) is 9.98 Å². The van der Waals surface area contributed by atoms with Gasteiger partial charge >= 0.3 is 0 Å². The van der Waals surface area contributed by atoms with Gasteiger partial charge in [0.2, 0.25) is 11.8 Å². The first-order chi connectivity index (χ1) is 17.9. The van der Waals surface area contributed by atoms with E-state index in [1.807, 2.05) is 62.4 Å². The number of amidine groups is 2. The molecule has 37 heavy (non-hydrogen) atoms. The number of carbonyl (C=O) groups excluding carboxylic acids is 3. The molecule has 2 unspecified atom stereocenters. The van der Waals surface area contributed by atoms with Gasteiger partial charge in [0, 0.05) is 24.2 Å². The first kappa shape index (κ1) is 26.6. The summed E-state index contributed by atoms with van der Waals surface area (Å²) in [4.78, 5) is 49.9. The summed E-state index contributed by atoms with van der Waals surface area (Å²) in [7, 11) is 0. The van der Waals surface area contributed by atoms with Gasteiger partial charge in [0.1, 0.15) is 11.9 Å². The predicted molar refractivity (Wildman–Crippen MR) is 149 cm³/mol. The Bertz CT molecular complexity index is 1240. The van der Waals surface area contributed by atoms with Crippen molar-refractivity contribution in [3.63, 3.8) is 0 Å². The highest BCUT2D eigenvalue weighted by Gasteiger charge is 2.42. The number of benzene rings is 2. The van der Waals surface area contributed by atoms with Gasteiger partial charge in [0.25, 0.3) is 5.91 Å². The maximum absolute atomic E-state index is 13.5. The van der Waals surface area contributed by atoms with Gasteiger partial charge < -0.3 is 10.6 Å². The minimum atomic E-state index is -0.662. The molecular weight excluding hydrogens is 486 g/mol. The average Bonchev–Trinajstić information content (AvgIpc) is 3.22. The molecule has 0 aliphatic carbocycles. The maximum atomic E-state index is 13.5. The fourth-order valence-electron chi connectivity index (χ4n) is 4.23. The molecule has 9 heteroatoms. The zero-order chi connectivity index (χ0) is 26.4. The van der Waals surface area contributed by atoms with Crippen molar-refractivity contribution in [2.75, 3.05) is 11.9 Å². The van der Waals surface area contributed by atoms with Gasteiger partial charge in [-0.25, -0.2) is 9.89 Å².